The topological polar surface area (TPSA) is 79.6 Å². The van der Waals surface area contributed by atoms with Gasteiger partial charge < -0.3 is 9.73 Å². The standard InChI is InChI=1S/C18H22N2O4S2/c21-17(9-8-16-6-3-13-24-16)19-11-10-15-5-1-2-12-20(15)26(22,23)18-7-4-14-25-18/h3-4,6-9,13-15H,1-2,5,10-12H2,(H,19,21)/b9-8+/t15-/m1/s1. The zero-order chi connectivity index (χ0) is 18.4. The summed E-state index contributed by atoms with van der Waals surface area (Å²) in [7, 11) is -3.45. The number of carbonyl (C=O) groups excluding carboxylic acids is 1. The van der Waals surface area contributed by atoms with Gasteiger partial charge in [0.15, 0.2) is 0 Å². The number of rotatable bonds is 7. The number of carbonyl (C=O) groups is 1. The normalized spacial score (nSPS) is 19.0. The molecule has 0 unspecified atom stereocenters. The molecule has 2 aromatic rings. The molecule has 3 heterocycles. The molecule has 1 fully saturated rings. The van der Waals surface area contributed by atoms with Crippen molar-refractivity contribution in [3.05, 3.63) is 47.7 Å². The fraction of sp³-hybridized carbons (Fsp3) is 0.389. The van der Waals surface area contributed by atoms with E-state index in [4.69, 9.17) is 4.42 Å². The molecular formula is C18H22N2O4S2. The molecule has 1 N–H and O–H groups in total. The lowest BCUT2D eigenvalue weighted by Crippen LogP contribution is -2.44. The average molecular weight is 395 g/mol. The van der Waals surface area contributed by atoms with Crippen LogP contribution in [0.25, 0.3) is 6.08 Å². The van der Waals surface area contributed by atoms with Gasteiger partial charge >= 0.3 is 0 Å². The van der Waals surface area contributed by atoms with Crippen LogP contribution >= 0.6 is 11.3 Å². The van der Waals surface area contributed by atoms with Crippen LogP contribution in [0, 0.1) is 0 Å². The van der Waals surface area contributed by atoms with Crippen LogP contribution in [-0.2, 0) is 14.8 Å². The third-order valence-corrected chi connectivity index (χ3v) is 7.67. The molecule has 26 heavy (non-hydrogen) atoms. The Morgan fingerprint density at radius 2 is 2.23 bits per heavy atom. The van der Waals surface area contributed by atoms with Crippen molar-refractivity contribution in [3.8, 4) is 0 Å². The van der Waals surface area contributed by atoms with E-state index in [1.807, 2.05) is 0 Å². The van der Waals surface area contributed by atoms with Crippen molar-refractivity contribution in [2.24, 2.45) is 0 Å². The second kappa shape index (κ2) is 8.66. The molecule has 0 radical (unpaired) electrons. The van der Waals surface area contributed by atoms with Crippen LogP contribution in [0.2, 0.25) is 0 Å². The highest BCUT2D eigenvalue weighted by Crippen LogP contribution is 2.28. The van der Waals surface area contributed by atoms with Crippen LogP contribution in [0.3, 0.4) is 0 Å². The Balaban J connectivity index is 1.55. The van der Waals surface area contributed by atoms with Gasteiger partial charge in [-0.05, 0) is 48.9 Å². The average Bonchev–Trinajstić information content (AvgIpc) is 3.34. The van der Waals surface area contributed by atoms with Crippen LogP contribution in [0.15, 0.2) is 50.6 Å². The van der Waals surface area contributed by atoms with Crippen LogP contribution in [0.4, 0.5) is 0 Å². The lowest BCUT2D eigenvalue weighted by Gasteiger charge is -2.34. The minimum atomic E-state index is -3.45. The molecule has 1 aliphatic heterocycles. The van der Waals surface area contributed by atoms with Gasteiger partial charge in [-0.15, -0.1) is 11.3 Å². The first-order valence-corrected chi connectivity index (χ1v) is 10.9. The van der Waals surface area contributed by atoms with Crippen molar-refractivity contribution < 1.29 is 17.6 Å². The number of piperidine rings is 1. The molecule has 1 aliphatic rings. The van der Waals surface area contributed by atoms with Crippen molar-refractivity contribution in [3.63, 3.8) is 0 Å². The smallest absolute Gasteiger partial charge is 0.252 e. The van der Waals surface area contributed by atoms with Gasteiger partial charge in [-0.1, -0.05) is 12.5 Å². The maximum Gasteiger partial charge on any atom is 0.252 e. The second-order valence-electron chi connectivity index (χ2n) is 6.13. The van der Waals surface area contributed by atoms with E-state index in [1.165, 1.54) is 17.4 Å². The molecule has 0 bridgehead atoms. The van der Waals surface area contributed by atoms with Gasteiger partial charge in [0.1, 0.15) is 9.97 Å². The Morgan fingerprint density at radius 3 is 2.96 bits per heavy atom. The largest absolute Gasteiger partial charge is 0.465 e. The van der Waals surface area contributed by atoms with Gasteiger partial charge in [0.2, 0.25) is 5.91 Å². The minimum absolute atomic E-state index is 0.0785. The fourth-order valence-corrected chi connectivity index (χ4v) is 5.91. The molecule has 1 atom stereocenters. The summed E-state index contributed by atoms with van der Waals surface area (Å²) < 4.78 is 32.8. The van der Waals surface area contributed by atoms with Gasteiger partial charge in [-0.25, -0.2) is 8.42 Å². The number of nitrogens with zero attached hydrogens (tertiary/aromatic N) is 1. The summed E-state index contributed by atoms with van der Waals surface area (Å²) in [5, 5.41) is 4.59. The maximum absolute atomic E-state index is 12.8. The molecule has 8 heteroatoms. The fourth-order valence-electron chi connectivity index (χ4n) is 3.07. The molecule has 2 aromatic heterocycles. The van der Waals surface area contributed by atoms with Crippen molar-refractivity contribution in [2.75, 3.05) is 13.1 Å². The molecular weight excluding hydrogens is 372 g/mol. The monoisotopic (exact) mass is 394 g/mol. The SMILES string of the molecule is O=C(/C=C/c1ccco1)NCC[C@H]1CCCCN1S(=O)(=O)c1cccs1. The Morgan fingerprint density at radius 1 is 1.35 bits per heavy atom. The highest BCUT2D eigenvalue weighted by molar-refractivity contribution is 7.91. The van der Waals surface area contributed by atoms with E-state index in [-0.39, 0.29) is 11.9 Å². The van der Waals surface area contributed by atoms with Crippen molar-refractivity contribution in [1.82, 2.24) is 9.62 Å². The molecule has 0 aromatic carbocycles. The number of hydrogen-bond donors (Lipinski definition) is 1. The summed E-state index contributed by atoms with van der Waals surface area (Å²) in [6, 6.07) is 6.84. The Bertz CT molecular complexity index is 827. The first kappa shape index (κ1) is 18.9. The van der Waals surface area contributed by atoms with Crippen molar-refractivity contribution >= 4 is 33.3 Å². The molecule has 3 rings (SSSR count). The molecule has 0 saturated carbocycles. The number of nitrogens with one attached hydrogen (secondary N) is 1. The van der Waals surface area contributed by atoms with Gasteiger partial charge in [-0.2, -0.15) is 4.31 Å². The summed E-state index contributed by atoms with van der Waals surface area (Å²) in [5.41, 5.74) is 0. The van der Waals surface area contributed by atoms with E-state index in [1.54, 1.807) is 46.3 Å². The molecule has 0 spiro atoms. The van der Waals surface area contributed by atoms with Crippen LogP contribution < -0.4 is 5.32 Å². The number of thiophene rings is 1. The van der Waals surface area contributed by atoms with Gasteiger partial charge in [0, 0.05) is 25.2 Å². The molecule has 1 amide bonds. The van der Waals surface area contributed by atoms with E-state index in [2.05, 4.69) is 5.32 Å². The van der Waals surface area contributed by atoms with E-state index >= 15 is 0 Å². The van der Waals surface area contributed by atoms with Crippen molar-refractivity contribution in [2.45, 2.75) is 35.9 Å². The van der Waals surface area contributed by atoms with Gasteiger partial charge in [-0.3, -0.25) is 4.79 Å². The number of amides is 1. The predicted octanol–water partition coefficient (Wildman–Crippen LogP) is 3.10. The van der Waals surface area contributed by atoms with Crippen LogP contribution in [0.1, 0.15) is 31.4 Å². The molecule has 6 nitrogen and oxygen atoms in total. The summed E-state index contributed by atoms with van der Waals surface area (Å²) in [6.45, 7) is 0.972. The zero-order valence-corrected chi connectivity index (χ0v) is 16.0. The summed E-state index contributed by atoms with van der Waals surface area (Å²) in [4.78, 5) is 11.9. The first-order valence-electron chi connectivity index (χ1n) is 8.62. The molecule has 1 saturated heterocycles. The maximum atomic E-state index is 12.8. The highest BCUT2D eigenvalue weighted by atomic mass is 32.2. The third-order valence-electron chi connectivity index (χ3n) is 4.35. The predicted molar refractivity (Wildman–Crippen MR) is 101 cm³/mol. The van der Waals surface area contributed by atoms with Gasteiger partial charge in [0.05, 0.1) is 6.26 Å². The van der Waals surface area contributed by atoms with Crippen molar-refractivity contribution in [1.29, 1.82) is 0 Å². The van der Waals surface area contributed by atoms with E-state index in [0.29, 0.717) is 29.5 Å². The first-order chi connectivity index (χ1) is 12.6. The Hall–Kier alpha value is -1.90. The molecule has 0 aliphatic carbocycles. The number of hydrogen-bond acceptors (Lipinski definition) is 5. The number of furan rings is 1. The quantitative estimate of drug-likeness (QED) is 0.732. The minimum Gasteiger partial charge on any atom is -0.465 e. The van der Waals surface area contributed by atoms with E-state index in [9.17, 15) is 13.2 Å². The zero-order valence-electron chi connectivity index (χ0n) is 14.3. The Labute approximate surface area is 157 Å². The summed E-state index contributed by atoms with van der Waals surface area (Å²) >= 11 is 1.24. The Kier molecular flexibility index (Phi) is 6.29. The van der Waals surface area contributed by atoms with Crippen LogP contribution in [-0.4, -0.2) is 37.8 Å². The summed E-state index contributed by atoms with van der Waals surface area (Å²) in [6.07, 6.45) is 7.87. The lowest BCUT2D eigenvalue weighted by atomic mass is 10.0. The van der Waals surface area contributed by atoms with Gasteiger partial charge in [0.25, 0.3) is 10.0 Å². The lowest BCUT2D eigenvalue weighted by molar-refractivity contribution is -0.116. The number of sulfonamides is 1. The van der Waals surface area contributed by atoms with E-state index < -0.39 is 10.0 Å². The second-order valence-corrected chi connectivity index (χ2v) is 9.19. The highest BCUT2D eigenvalue weighted by Gasteiger charge is 2.33. The molecule has 140 valence electrons. The third kappa shape index (κ3) is 4.63. The van der Waals surface area contributed by atoms with E-state index in [0.717, 1.165) is 19.3 Å². The summed E-state index contributed by atoms with van der Waals surface area (Å²) in [5.74, 6) is 0.394. The van der Waals surface area contributed by atoms with Crippen LogP contribution in [0.5, 0.6) is 0 Å².